The predicted molar refractivity (Wildman–Crippen MR) is 11.7 cm³/mol. The predicted octanol–water partition coefficient (Wildman–Crippen LogP) is -17.1. The molecule has 0 bridgehead atoms. The van der Waals surface area contributed by atoms with E-state index in [1.807, 2.05) is 0 Å². The van der Waals surface area contributed by atoms with Crippen LogP contribution >= 0.6 is 0 Å². The van der Waals surface area contributed by atoms with Gasteiger partial charge < -0.3 is 14.7 Å². The number of hydrogen-bond donors (Lipinski definition) is 1. The summed E-state index contributed by atoms with van der Waals surface area (Å²) in [5.74, 6) is 0. The molecule has 0 aliphatic heterocycles. The van der Waals surface area contributed by atoms with Crippen molar-refractivity contribution in [1.82, 2.24) is 6.15 Å². The van der Waals surface area contributed by atoms with E-state index in [-0.39, 0.29) is 323 Å². The van der Waals surface area contributed by atoms with E-state index in [0.717, 1.165) is 0 Å². The first-order chi connectivity index (χ1) is 0. The van der Waals surface area contributed by atoms with Gasteiger partial charge in [0.05, 0.1) is 0 Å². The third-order valence-electron chi connectivity index (χ3n) is 0. The molecular weight excluding hydrogens is 249 g/mol. The minimum absolute atomic E-state index is 0. The Morgan fingerprint density at radius 1 is 0.429 bits per heavy atom. The second-order valence-corrected chi connectivity index (χ2v) is 0. The third kappa shape index (κ3) is 31.3. The molecule has 0 aliphatic carbocycles. The Bertz CT molecular complexity index is 17.1. The minimum atomic E-state index is 0. The van der Waals surface area contributed by atoms with Gasteiger partial charge in [-0.1, -0.05) is 0 Å². The van der Waals surface area contributed by atoms with Crippen LogP contribution in [0.1, 0.15) is 8.56 Å². The molecule has 0 heterocycles. The quantitative estimate of drug-likeness (QED) is 0.430. The molecule has 7 heteroatoms. The molecular formula is H9K6N. The molecule has 0 unspecified atom stereocenters. The molecule has 0 rings (SSSR count). The molecule has 0 spiro atoms. The van der Waals surface area contributed by atoms with Gasteiger partial charge in [0.25, 0.3) is 0 Å². The molecule has 20 valence electrons. The minimum Gasteiger partial charge on any atom is -1.00 e. The molecule has 0 atom stereocenters. The fraction of sp³-hybridized carbons (Fsp3) is 0. The molecule has 0 aromatic heterocycles. The van der Waals surface area contributed by atoms with Crippen molar-refractivity contribution in [2.75, 3.05) is 0 Å². The maximum atomic E-state index is 0. The van der Waals surface area contributed by atoms with Crippen LogP contribution in [0.15, 0.2) is 0 Å². The third-order valence-corrected chi connectivity index (χ3v) is 0. The Kier molecular flexibility index (Phi) is 225. The van der Waals surface area contributed by atoms with Crippen LogP contribution in [0.4, 0.5) is 0 Å². The first kappa shape index (κ1) is 43.7. The van der Waals surface area contributed by atoms with Crippen LogP contribution in [0.3, 0.4) is 0 Å². The van der Waals surface area contributed by atoms with E-state index in [9.17, 15) is 0 Å². The van der Waals surface area contributed by atoms with E-state index in [2.05, 4.69) is 0 Å². The van der Waals surface area contributed by atoms with E-state index in [1.54, 1.807) is 0 Å². The zero-order valence-electron chi connectivity index (χ0n) is 12.7. The van der Waals surface area contributed by atoms with Crippen molar-refractivity contribution in [3.8, 4) is 0 Å². The summed E-state index contributed by atoms with van der Waals surface area (Å²) in [6.45, 7) is 0. The summed E-state index contributed by atoms with van der Waals surface area (Å²) in [4.78, 5) is 0. The van der Waals surface area contributed by atoms with E-state index < -0.39 is 0 Å². The van der Waals surface area contributed by atoms with Crippen LogP contribution in [-0.4, -0.2) is 0 Å². The summed E-state index contributed by atoms with van der Waals surface area (Å²) in [5.41, 5.74) is 0. The van der Waals surface area contributed by atoms with Gasteiger partial charge >= 0.3 is 308 Å². The van der Waals surface area contributed by atoms with Gasteiger partial charge in [-0.2, -0.15) is 0 Å². The molecule has 0 amide bonds. The van der Waals surface area contributed by atoms with E-state index in [1.165, 1.54) is 0 Å². The maximum absolute atomic E-state index is 0. The first-order valence-corrected chi connectivity index (χ1v) is 0. The molecule has 7 heavy (non-hydrogen) atoms. The standard InChI is InChI=1S/6K.H3N.6H/h;;;;;;1H3;;;;;;/q6*+1;;6*-1. The van der Waals surface area contributed by atoms with E-state index >= 15 is 0 Å². The van der Waals surface area contributed by atoms with Crippen molar-refractivity contribution in [3.05, 3.63) is 0 Å². The van der Waals surface area contributed by atoms with Crippen LogP contribution in [0.25, 0.3) is 0 Å². The molecule has 0 aromatic rings. The van der Waals surface area contributed by atoms with Crippen LogP contribution in [-0.2, 0) is 0 Å². The Labute approximate surface area is 310 Å². The van der Waals surface area contributed by atoms with Crippen molar-refractivity contribution in [2.24, 2.45) is 0 Å². The number of rotatable bonds is 0. The zero-order valence-corrected chi connectivity index (χ0v) is 25.4. The second kappa shape index (κ2) is 36.0. The van der Waals surface area contributed by atoms with Crippen molar-refractivity contribution < 1.29 is 317 Å². The second-order valence-electron chi connectivity index (χ2n) is 0. The van der Waals surface area contributed by atoms with Gasteiger partial charge in [0.1, 0.15) is 0 Å². The number of hydrogen-bond acceptors (Lipinski definition) is 1. The van der Waals surface area contributed by atoms with Crippen molar-refractivity contribution in [3.63, 3.8) is 0 Å². The van der Waals surface area contributed by atoms with Crippen molar-refractivity contribution in [1.29, 1.82) is 0 Å². The average molecular weight is 258 g/mol. The molecule has 0 fully saturated rings. The van der Waals surface area contributed by atoms with Gasteiger partial charge in [0.15, 0.2) is 0 Å². The van der Waals surface area contributed by atoms with Crippen molar-refractivity contribution >= 4 is 0 Å². The van der Waals surface area contributed by atoms with Gasteiger partial charge in [0, 0.05) is 0 Å². The Balaban J connectivity index is 0. The molecule has 3 N–H and O–H groups in total. The SMILES string of the molecule is N.[H-].[H-].[H-].[H-].[H-].[H-].[K+].[K+].[K+].[K+].[K+].[K+]. The summed E-state index contributed by atoms with van der Waals surface area (Å²) in [6, 6.07) is 0. The van der Waals surface area contributed by atoms with Crippen LogP contribution in [0, 0.1) is 0 Å². The van der Waals surface area contributed by atoms with Crippen molar-refractivity contribution in [2.45, 2.75) is 0 Å². The summed E-state index contributed by atoms with van der Waals surface area (Å²) in [6.07, 6.45) is 0. The summed E-state index contributed by atoms with van der Waals surface area (Å²) < 4.78 is 0. The van der Waals surface area contributed by atoms with Crippen LogP contribution < -0.4 is 314 Å². The molecule has 0 saturated heterocycles. The largest absolute Gasteiger partial charge is 1.00 e. The van der Waals surface area contributed by atoms with Crippen LogP contribution in [0.2, 0.25) is 0 Å². The fourth-order valence-electron chi connectivity index (χ4n) is 0. The Hall–Kier alpha value is 9.78. The molecule has 0 aromatic carbocycles. The van der Waals surface area contributed by atoms with Crippen LogP contribution in [0.5, 0.6) is 0 Å². The molecule has 0 aliphatic rings. The monoisotopic (exact) mass is 257 g/mol. The Morgan fingerprint density at radius 3 is 0.429 bits per heavy atom. The molecule has 1 nitrogen and oxygen atoms in total. The molecule has 0 saturated carbocycles. The first-order valence-electron chi connectivity index (χ1n) is 0. The van der Waals surface area contributed by atoms with Gasteiger partial charge in [-0.25, -0.2) is 0 Å². The smallest absolute Gasteiger partial charge is 1.00 e. The zero-order chi connectivity index (χ0) is 0. The summed E-state index contributed by atoms with van der Waals surface area (Å²) >= 11 is 0. The average Bonchev–Trinajstić information content (AvgIpc) is 0. The van der Waals surface area contributed by atoms with Gasteiger partial charge in [-0.3, -0.25) is 0 Å². The summed E-state index contributed by atoms with van der Waals surface area (Å²) in [7, 11) is 0. The Morgan fingerprint density at radius 2 is 0.429 bits per heavy atom. The van der Waals surface area contributed by atoms with E-state index in [4.69, 9.17) is 0 Å². The van der Waals surface area contributed by atoms with E-state index in [0.29, 0.717) is 0 Å². The van der Waals surface area contributed by atoms with Gasteiger partial charge in [-0.05, 0) is 0 Å². The summed E-state index contributed by atoms with van der Waals surface area (Å²) in [5, 5.41) is 0. The fourth-order valence-corrected chi connectivity index (χ4v) is 0. The maximum Gasteiger partial charge on any atom is 1.00 e. The normalized spacial score (nSPS) is 0. The molecule has 0 radical (unpaired) electrons. The topological polar surface area (TPSA) is 35.0 Å². The van der Waals surface area contributed by atoms with Gasteiger partial charge in [0.2, 0.25) is 0 Å². The van der Waals surface area contributed by atoms with Gasteiger partial charge in [-0.15, -0.1) is 0 Å².